The van der Waals surface area contributed by atoms with Crippen molar-refractivity contribution in [1.29, 1.82) is 0 Å². The van der Waals surface area contributed by atoms with Crippen LogP contribution in [0.15, 0.2) is 4.47 Å². The van der Waals surface area contributed by atoms with Gasteiger partial charge in [0, 0.05) is 6.54 Å². The van der Waals surface area contributed by atoms with Crippen LogP contribution in [0.2, 0.25) is 0 Å². The van der Waals surface area contributed by atoms with Crippen LogP contribution in [0, 0.1) is 0 Å². The van der Waals surface area contributed by atoms with Crippen molar-refractivity contribution in [1.82, 2.24) is 14.7 Å². The number of hydrogen-bond acceptors (Lipinski definition) is 3. The van der Waals surface area contributed by atoms with Gasteiger partial charge >= 0.3 is 0 Å². The van der Waals surface area contributed by atoms with Gasteiger partial charge in [-0.2, -0.15) is 5.10 Å². The topological polar surface area (TPSA) is 38.1 Å². The summed E-state index contributed by atoms with van der Waals surface area (Å²) in [7, 11) is 3.99. The highest BCUT2D eigenvalue weighted by Crippen LogP contribution is 2.28. The molecule has 0 aliphatic rings. The molecule has 0 aromatic carbocycles. The highest BCUT2D eigenvalue weighted by Gasteiger charge is 2.37. The molecule has 0 N–H and O–H groups in total. The summed E-state index contributed by atoms with van der Waals surface area (Å²) in [5.74, 6) is 0.274. The lowest BCUT2D eigenvalue weighted by molar-refractivity contribution is -0.129. The van der Waals surface area contributed by atoms with Crippen LogP contribution in [0.1, 0.15) is 51.9 Å². The van der Waals surface area contributed by atoms with Crippen LogP contribution in [0.5, 0.6) is 0 Å². The predicted octanol–water partition coefficient (Wildman–Crippen LogP) is 3.46. The van der Waals surface area contributed by atoms with E-state index in [-0.39, 0.29) is 11.3 Å². The van der Waals surface area contributed by atoms with Gasteiger partial charge in [-0.1, -0.05) is 20.8 Å². The molecular weight excluding hydrogens is 330 g/mol. The zero-order valence-electron chi connectivity index (χ0n) is 14.2. The molecule has 0 aliphatic heterocycles. The van der Waals surface area contributed by atoms with Crippen molar-refractivity contribution in [2.24, 2.45) is 0 Å². The molecule has 5 heteroatoms. The molecule has 0 atom stereocenters. The van der Waals surface area contributed by atoms with E-state index in [1.54, 1.807) is 0 Å². The molecule has 4 nitrogen and oxygen atoms in total. The molecule has 0 unspecified atom stereocenters. The number of carbonyl (C=O) groups is 1. The molecule has 0 aliphatic carbocycles. The molecule has 21 heavy (non-hydrogen) atoms. The van der Waals surface area contributed by atoms with Crippen molar-refractivity contribution in [2.75, 3.05) is 14.1 Å². The summed E-state index contributed by atoms with van der Waals surface area (Å²) in [5.41, 5.74) is 1.66. The zero-order valence-corrected chi connectivity index (χ0v) is 15.7. The molecule has 0 saturated heterocycles. The van der Waals surface area contributed by atoms with Gasteiger partial charge in [0.15, 0.2) is 5.78 Å². The lowest BCUT2D eigenvalue weighted by atomic mass is 9.84. The van der Waals surface area contributed by atoms with Crippen LogP contribution in [0.4, 0.5) is 0 Å². The number of likely N-dealkylation sites (N-methyl/N-ethyl adjacent to an activating group) is 1. The van der Waals surface area contributed by atoms with Crippen molar-refractivity contribution in [3.63, 3.8) is 0 Å². The quantitative estimate of drug-likeness (QED) is 0.714. The Balaban J connectivity index is 3.15. The van der Waals surface area contributed by atoms with Gasteiger partial charge in [0.1, 0.15) is 0 Å². The first-order valence-corrected chi connectivity index (χ1v) is 8.61. The average Bonchev–Trinajstić information content (AvgIpc) is 2.77. The minimum Gasteiger partial charge on any atom is -0.297 e. The Morgan fingerprint density at radius 3 is 2.19 bits per heavy atom. The highest BCUT2D eigenvalue weighted by molar-refractivity contribution is 9.10. The zero-order chi connectivity index (χ0) is 16.2. The van der Waals surface area contributed by atoms with E-state index in [0.29, 0.717) is 6.42 Å². The largest absolute Gasteiger partial charge is 0.297 e. The van der Waals surface area contributed by atoms with E-state index in [9.17, 15) is 4.79 Å². The molecule has 0 saturated carbocycles. The van der Waals surface area contributed by atoms with Gasteiger partial charge in [-0.3, -0.25) is 14.4 Å². The summed E-state index contributed by atoms with van der Waals surface area (Å²) < 4.78 is 2.95. The second-order valence-corrected chi connectivity index (χ2v) is 6.40. The van der Waals surface area contributed by atoms with Gasteiger partial charge in [-0.05, 0) is 56.2 Å². The van der Waals surface area contributed by atoms with E-state index < -0.39 is 0 Å². The molecule has 0 bridgehead atoms. The number of aromatic nitrogens is 2. The Morgan fingerprint density at radius 2 is 1.81 bits per heavy atom. The number of carbonyl (C=O) groups excluding carboxylic acids is 1. The van der Waals surface area contributed by atoms with Gasteiger partial charge in [-0.25, -0.2) is 0 Å². The van der Waals surface area contributed by atoms with Crippen molar-refractivity contribution in [2.45, 2.75) is 65.5 Å². The Hall–Kier alpha value is -0.680. The maximum Gasteiger partial charge on any atom is 0.158 e. The van der Waals surface area contributed by atoms with Crippen LogP contribution in [0.3, 0.4) is 0 Å². The van der Waals surface area contributed by atoms with Gasteiger partial charge < -0.3 is 0 Å². The standard InChI is InChI=1S/C16H28BrN3O/c1-7-12-15(17)13(20(10-4)18-12)11-14(21)16(8-2,9-3)19(5)6/h7-11H2,1-6H3. The molecule has 1 rings (SSSR count). The van der Waals surface area contributed by atoms with Crippen molar-refractivity contribution in [3.05, 3.63) is 15.9 Å². The predicted molar refractivity (Wildman–Crippen MR) is 90.7 cm³/mol. The minimum absolute atomic E-state index is 0.274. The average molecular weight is 358 g/mol. The van der Waals surface area contributed by atoms with E-state index in [2.05, 4.69) is 53.6 Å². The van der Waals surface area contributed by atoms with Crippen molar-refractivity contribution >= 4 is 21.7 Å². The molecule has 1 heterocycles. The first-order valence-electron chi connectivity index (χ1n) is 7.82. The molecule has 1 aromatic heterocycles. The Bertz CT molecular complexity index is 490. The molecule has 0 fully saturated rings. The van der Waals surface area contributed by atoms with Gasteiger partial charge in [-0.15, -0.1) is 0 Å². The number of halogens is 1. The van der Waals surface area contributed by atoms with Crippen LogP contribution in [0.25, 0.3) is 0 Å². The monoisotopic (exact) mass is 357 g/mol. The Kier molecular flexibility index (Phi) is 6.60. The molecule has 120 valence electrons. The summed E-state index contributed by atoms with van der Waals surface area (Å²) in [6.07, 6.45) is 2.96. The Morgan fingerprint density at radius 1 is 1.24 bits per heavy atom. The lowest BCUT2D eigenvalue weighted by Crippen LogP contribution is -2.51. The first-order chi connectivity index (χ1) is 9.87. The van der Waals surface area contributed by atoms with Crippen LogP contribution >= 0.6 is 15.9 Å². The minimum atomic E-state index is -0.380. The lowest BCUT2D eigenvalue weighted by Gasteiger charge is -2.37. The van der Waals surface area contributed by atoms with Crippen LogP contribution < -0.4 is 0 Å². The second kappa shape index (κ2) is 7.54. The number of aryl methyl sites for hydroxylation is 2. The van der Waals surface area contributed by atoms with E-state index in [4.69, 9.17) is 0 Å². The number of Topliss-reactive ketones (excluding diaryl/α,β-unsaturated/α-hetero) is 1. The van der Waals surface area contributed by atoms with Crippen LogP contribution in [-0.2, 0) is 24.2 Å². The summed E-state index contributed by atoms with van der Waals surface area (Å²) in [4.78, 5) is 15.0. The van der Waals surface area contributed by atoms with E-state index in [1.807, 2.05) is 18.8 Å². The third-order valence-electron chi connectivity index (χ3n) is 4.57. The van der Waals surface area contributed by atoms with E-state index >= 15 is 0 Å². The smallest absolute Gasteiger partial charge is 0.158 e. The summed E-state index contributed by atoms with van der Waals surface area (Å²) >= 11 is 3.63. The van der Waals surface area contributed by atoms with Crippen molar-refractivity contribution in [3.8, 4) is 0 Å². The third-order valence-corrected chi connectivity index (χ3v) is 5.48. The van der Waals surface area contributed by atoms with Crippen LogP contribution in [-0.4, -0.2) is 40.1 Å². The van der Waals surface area contributed by atoms with E-state index in [0.717, 1.165) is 41.7 Å². The van der Waals surface area contributed by atoms with Gasteiger partial charge in [0.05, 0.1) is 27.8 Å². The molecule has 1 aromatic rings. The maximum absolute atomic E-state index is 13.0. The molecule has 0 spiro atoms. The third kappa shape index (κ3) is 3.39. The highest BCUT2D eigenvalue weighted by atomic mass is 79.9. The second-order valence-electron chi connectivity index (χ2n) is 5.61. The van der Waals surface area contributed by atoms with Gasteiger partial charge in [0.25, 0.3) is 0 Å². The van der Waals surface area contributed by atoms with Crippen molar-refractivity contribution < 1.29 is 4.79 Å². The van der Waals surface area contributed by atoms with Gasteiger partial charge in [0.2, 0.25) is 0 Å². The summed E-state index contributed by atoms with van der Waals surface area (Å²) in [6, 6.07) is 0. The molecule has 0 radical (unpaired) electrons. The fraction of sp³-hybridized carbons (Fsp3) is 0.750. The fourth-order valence-corrected chi connectivity index (χ4v) is 3.73. The normalized spacial score (nSPS) is 12.2. The molecule has 0 amide bonds. The first kappa shape index (κ1) is 18.4. The maximum atomic E-state index is 13.0. The summed E-state index contributed by atoms with van der Waals surface area (Å²) in [5, 5.41) is 4.58. The molecular formula is C16H28BrN3O. The van der Waals surface area contributed by atoms with E-state index in [1.165, 1.54) is 0 Å². The number of nitrogens with zero attached hydrogens (tertiary/aromatic N) is 3. The Labute approximate surface area is 137 Å². The number of hydrogen-bond donors (Lipinski definition) is 0. The number of rotatable bonds is 8. The SMILES string of the molecule is CCc1nn(CC)c(CC(=O)C(CC)(CC)N(C)C)c1Br. The fourth-order valence-electron chi connectivity index (χ4n) is 3.03. The number of ketones is 1. The summed E-state index contributed by atoms with van der Waals surface area (Å²) in [6.45, 7) is 9.11.